The summed E-state index contributed by atoms with van der Waals surface area (Å²) in [6.45, 7) is 7.76. The molecule has 0 aromatic carbocycles. The third-order valence-corrected chi connectivity index (χ3v) is 4.89. The first-order valence-corrected chi connectivity index (χ1v) is 9.26. The molecule has 0 radical (unpaired) electrons. The van der Waals surface area contributed by atoms with Gasteiger partial charge in [0.2, 0.25) is 5.95 Å². The summed E-state index contributed by atoms with van der Waals surface area (Å²) in [4.78, 5) is 27.3. The van der Waals surface area contributed by atoms with Gasteiger partial charge in [-0.1, -0.05) is 6.07 Å². The smallest absolute Gasteiger partial charge is 0.225 e. The van der Waals surface area contributed by atoms with E-state index in [1.54, 1.807) is 18.6 Å². The van der Waals surface area contributed by atoms with Crippen LogP contribution in [0.5, 0.6) is 0 Å². The van der Waals surface area contributed by atoms with Crippen LogP contribution in [0.4, 0.5) is 11.8 Å². The molecule has 27 heavy (non-hydrogen) atoms. The number of rotatable bonds is 3. The molecule has 0 saturated carbocycles. The van der Waals surface area contributed by atoms with Crippen molar-refractivity contribution >= 4 is 11.8 Å². The van der Waals surface area contributed by atoms with Crippen molar-refractivity contribution in [2.75, 3.05) is 36.0 Å². The molecule has 0 aliphatic carbocycles. The van der Waals surface area contributed by atoms with Gasteiger partial charge in [-0.15, -0.1) is 0 Å². The Labute approximate surface area is 159 Å². The Balaban J connectivity index is 1.60. The molecule has 7 nitrogen and oxygen atoms in total. The molecule has 0 amide bonds. The van der Waals surface area contributed by atoms with Gasteiger partial charge in [0.15, 0.2) is 5.82 Å². The van der Waals surface area contributed by atoms with Crippen LogP contribution in [0.15, 0.2) is 42.9 Å². The van der Waals surface area contributed by atoms with Crippen LogP contribution in [0, 0.1) is 13.8 Å². The summed E-state index contributed by atoms with van der Waals surface area (Å²) in [7, 11) is 0. The number of aromatic nitrogens is 5. The van der Waals surface area contributed by atoms with Gasteiger partial charge < -0.3 is 9.80 Å². The van der Waals surface area contributed by atoms with E-state index in [0.29, 0.717) is 5.82 Å². The number of pyridine rings is 1. The molecular formula is C20H23N7. The summed E-state index contributed by atoms with van der Waals surface area (Å²) in [6.07, 6.45) is 6.39. The molecule has 1 aliphatic rings. The highest BCUT2D eigenvalue weighted by Crippen LogP contribution is 2.25. The fourth-order valence-corrected chi connectivity index (χ4v) is 3.31. The molecule has 3 aromatic rings. The van der Waals surface area contributed by atoms with Crippen LogP contribution in [-0.4, -0.2) is 51.1 Å². The van der Waals surface area contributed by atoms with E-state index in [0.717, 1.165) is 61.3 Å². The van der Waals surface area contributed by atoms with Gasteiger partial charge in [-0.05, 0) is 38.5 Å². The van der Waals surface area contributed by atoms with E-state index in [1.807, 2.05) is 31.2 Å². The molecule has 0 spiro atoms. The first kappa shape index (κ1) is 17.3. The molecule has 0 unspecified atom stereocenters. The lowest BCUT2D eigenvalue weighted by Gasteiger charge is -2.25. The second-order valence-electron chi connectivity index (χ2n) is 6.67. The van der Waals surface area contributed by atoms with Gasteiger partial charge >= 0.3 is 0 Å². The molecule has 4 heterocycles. The van der Waals surface area contributed by atoms with Crippen LogP contribution >= 0.6 is 0 Å². The summed E-state index contributed by atoms with van der Waals surface area (Å²) in [6, 6.07) is 7.66. The molecule has 7 heteroatoms. The second-order valence-corrected chi connectivity index (χ2v) is 6.67. The van der Waals surface area contributed by atoms with Crippen LogP contribution in [-0.2, 0) is 0 Å². The minimum absolute atomic E-state index is 0.682. The number of hydrogen-bond acceptors (Lipinski definition) is 7. The van der Waals surface area contributed by atoms with Crippen LogP contribution < -0.4 is 9.80 Å². The zero-order valence-corrected chi connectivity index (χ0v) is 15.7. The summed E-state index contributed by atoms with van der Waals surface area (Å²) < 4.78 is 0. The van der Waals surface area contributed by atoms with E-state index in [2.05, 4.69) is 36.7 Å². The van der Waals surface area contributed by atoms with E-state index in [4.69, 9.17) is 4.98 Å². The molecule has 1 saturated heterocycles. The molecule has 0 bridgehead atoms. The zero-order valence-electron chi connectivity index (χ0n) is 15.7. The molecule has 4 rings (SSSR count). The average Bonchev–Trinajstić information content (AvgIpc) is 2.97. The Kier molecular flexibility index (Phi) is 4.91. The van der Waals surface area contributed by atoms with Crippen molar-refractivity contribution in [1.29, 1.82) is 0 Å². The second kappa shape index (κ2) is 7.65. The summed E-state index contributed by atoms with van der Waals surface area (Å²) in [5.74, 6) is 2.48. The summed E-state index contributed by atoms with van der Waals surface area (Å²) in [5.41, 5.74) is 2.92. The highest BCUT2D eigenvalue weighted by atomic mass is 15.3. The maximum Gasteiger partial charge on any atom is 0.225 e. The Morgan fingerprint density at radius 1 is 0.778 bits per heavy atom. The zero-order chi connectivity index (χ0) is 18.6. The molecule has 0 N–H and O–H groups in total. The summed E-state index contributed by atoms with van der Waals surface area (Å²) >= 11 is 0. The number of hydrogen-bond donors (Lipinski definition) is 0. The number of anilines is 2. The minimum atomic E-state index is 0.682. The van der Waals surface area contributed by atoms with Crippen molar-refractivity contribution < 1.29 is 0 Å². The SMILES string of the molecule is Cc1nc(-c2ccccn2)nc(N2CCCN(c3ncccn3)CC2)c1C. The number of aryl methyl sites for hydroxylation is 1. The molecule has 1 aliphatic heterocycles. The Bertz CT molecular complexity index is 899. The van der Waals surface area contributed by atoms with Crippen molar-refractivity contribution in [1.82, 2.24) is 24.9 Å². The van der Waals surface area contributed by atoms with Gasteiger partial charge in [-0.2, -0.15) is 0 Å². The van der Waals surface area contributed by atoms with Crippen LogP contribution in [0.25, 0.3) is 11.5 Å². The van der Waals surface area contributed by atoms with Crippen molar-refractivity contribution in [3.8, 4) is 11.5 Å². The quantitative estimate of drug-likeness (QED) is 0.710. The summed E-state index contributed by atoms with van der Waals surface area (Å²) in [5, 5.41) is 0. The fraction of sp³-hybridized carbons (Fsp3) is 0.350. The van der Waals surface area contributed by atoms with Crippen molar-refractivity contribution in [2.45, 2.75) is 20.3 Å². The van der Waals surface area contributed by atoms with E-state index in [-0.39, 0.29) is 0 Å². The van der Waals surface area contributed by atoms with Crippen LogP contribution in [0.1, 0.15) is 17.7 Å². The highest BCUT2D eigenvalue weighted by molar-refractivity contribution is 5.57. The monoisotopic (exact) mass is 361 g/mol. The Morgan fingerprint density at radius 3 is 2.30 bits per heavy atom. The largest absolute Gasteiger partial charge is 0.354 e. The minimum Gasteiger partial charge on any atom is -0.354 e. The molecule has 1 fully saturated rings. The molecular weight excluding hydrogens is 338 g/mol. The Hall–Kier alpha value is -3.09. The number of nitrogens with zero attached hydrogens (tertiary/aromatic N) is 7. The third-order valence-electron chi connectivity index (χ3n) is 4.89. The predicted octanol–water partition coefficient (Wildman–Crippen LogP) is 2.66. The first-order chi connectivity index (χ1) is 13.2. The lowest BCUT2D eigenvalue weighted by molar-refractivity contribution is 0.781. The Morgan fingerprint density at radius 2 is 1.52 bits per heavy atom. The highest BCUT2D eigenvalue weighted by Gasteiger charge is 2.21. The standard InChI is InChI=1S/C20H23N7/c1-15-16(2)24-18(17-7-3-4-8-21-17)25-19(15)26-11-6-12-27(14-13-26)20-22-9-5-10-23-20/h3-5,7-10H,6,11-14H2,1-2H3. The predicted molar refractivity (Wildman–Crippen MR) is 106 cm³/mol. The maximum atomic E-state index is 4.87. The van der Waals surface area contributed by atoms with Crippen LogP contribution in [0.3, 0.4) is 0 Å². The maximum absolute atomic E-state index is 4.87. The normalized spacial score (nSPS) is 14.9. The lowest BCUT2D eigenvalue weighted by Crippen LogP contribution is -2.32. The van der Waals surface area contributed by atoms with E-state index < -0.39 is 0 Å². The average molecular weight is 361 g/mol. The third kappa shape index (κ3) is 3.72. The topological polar surface area (TPSA) is 70.9 Å². The van der Waals surface area contributed by atoms with E-state index in [9.17, 15) is 0 Å². The van der Waals surface area contributed by atoms with Crippen molar-refractivity contribution in [3.05, 3.63) is 54.1 Å². The molecule has 0 atom stereocenters. The fourth-order valence-electron chi connectivity index (χ4n) is 3.31. The van der Waals surface area contributed by atoms with E-state index >= 15 is 0 Å². The van der Waals surface area contributed by atoms with Gasteiger partial charge in [0.05, 0.1) is 0 Å². The first-order valence-electron chi connectivity index (χ1n) is 9.26. The van der Waals surface area contributed by atoms with E-state index in [1.165, 1.54) is 0 Å². The van der Waals surface area contributed by atoms with Crippen molar-refractivity contribution in [3.63, 3.8) is 0 Å². The lowest BCUT2D eigenvalue weighted by atomic mass is 10.2. The molecule has 138 valence electrons. The van der Waals surface area contributed by atoms with Gasteiger partial charge in [-0.25, -0.2) is 19.9 Å². The van der Waals surface area contributed by atoms with Gasteiger partial charge in [0, 0.05) is 56.0 Å². The van der Waals surface area contributed by atoms with Gasteiger partial charge in [0.25, 0.3) is 0 Å². The van der Waals surface area contributed by atoms with Gasteiger partial charge in [0.1, 0.15) is 11.5 Å². The van der Waals surface area contributed by atoms with Crippen LogP contribution in [0.2, 0.25) is 0 Å². The van der Waals surface area contributed by atoms with Crippen molar-refractivity contribution in [2.24, 2.45) is 0 Å². The van der Waals surface area contributed by atoms with Gasteiger partial charge in [-0.3, -0.25) is 4.98 Å². The molecule has 3 aromatic heterocycles.